The molecule has 15 heavy (non-hydrogen) atoms. The Hall–Kier alpha value is -0.780. The van der Waals surface area contributed by atoms with Crippen LogP contribution < -0.4 is 11.1 Å². The van der Waals surface area contributed by atoms with Crippen molar-refractivity contribution in [2.24, 2.45) is 11.7 Å². The van der Waals surface area contributed by atoms with Gasteiger partial charge in [0.05, 0.1) is 0 Å². The van der Waals surface area contributed by atoms with Crippen molar-refractivity contribution in [3.8, 4) is 0 Å². The molecule has 0 bridgehead atoms. The molecule has 0 aromatic heterocycles. The molecule has 0 spiro atoms. The number of alkyl halides is 3. The van der Waals surface area contributed by atoms with Crippen LogP contribution in [0.15, 0.2) is 0 Å². The summed E-state index contributed by atoms with van der Waals surface area (Å²) in [5.74, 6) is -2.97. The van der Waals surface area contributed by atoms with Crippen molar-refractivity contribution in [2.45, 2.75) is 37.9 Å². The number of hydrogen-bond acceptors (Lipinski definition) is 2. The number of carbonyl (C=O) groups excluding carboxylic acids is 1. The maximum atomic E-state index is 12.1. The zero-order valence-corrected chi connectivity index (χ0v) is 8.53. The second-order valence-electron chi connectivity index (χ2n) is 4.20. The van der Waals surface area contributed by atoms with Crippen LogP contribution in [0.25, 0.3) is 0 Å². The molecule has 3 N–H and O–H groups in total. The van der Waals surface area contributed by atoms with E-state index in [9.17, 15) is 18.0 Å². The molecule has 0 aromatic carbocycles. The lowest BCUT2D eigenvalue weighted by molar-refractivity contribution is -0.179. The topological polar surface area (TPSA) is 55.1 Å². The van der Waals surface area contributed by atoms with Crippen LogP contribution in [0.2, 0.25) is 0 Å². The van der Waals surface area contributed by atoms with Gasteiger partial charge in [-0.15, -0.1) is 0 Å². The average Bonchev–Trinajstić information content (AvgIpc) is 2.08. The predicted octanol–water partition coefficient (Wildman–Crippen LogP) is 1.18. The van der Waals surface area contributed by atoms with Crippen LogP contribution in [-0.2, 0) is 4.79 Å². The van der Waals surface area contributed by atoms with Gasteiger partial charge in [0.25, 0.3) is 0 Å². The number of nitrogens with two attached hydrogens (primary N) is 1. The van der Waals surface area contributed by atoms with Gasteiger partial charge in [0, 0.05) is 12.1 Å². The van der Waals surface area contributed by atoms with E-state index in [-0.39, 0.29) is 6.54 Å². The van der Waals surface area contributed by atoms with Crippen molar-refractivity contribution < 1.29 is 18.0 Å². The van der Waals surface area contributed by atoms with Gasteiger partial charge in [-0.3, -0.25) is 4.79 Å². The van der Waals surface area contributed by atoms with Crippen molar-refractivity contribution in [1.82, 2.24) is 5.32 Å². The number of nitrogens with one attached hydrogen (secondary N) is 1. The van der Waals surface area contributed by atoms with Gasteiger partial charge in [0.15, 0.2) is 0 Å². The Morgan fingerprint density at radius 1 is 1.53 bits per heavy atom. The maximum absolute atomic E-state index is 12.1. The highest BCUT2D eigenvalue weighted by Crippen LogP contribution is 2.29. The lowest BCUT2D eigenvalue weighted by atomic mass is 9.78. The molecule has 1 unspecified atom stereocenters. The minimum absolute atomic E-state index is 0.131. The fourth-order valence-corrected chi connectivity index (χ4v) is 1.37. The summed E-state index contributed by atoms with van der Waals surface area (Å²) in [4.78, 5) is 11.1. The van der Waals surface area contributed by atoms with Crippen molar-refractivity contribution in [3.63, 3.8) is 0 Å². The molecule has 6 heteroatoms. The molecule has 1 aliphatic carbocycles. The number of carbonyl (C=O) groups is 1. The quantitative estimate of drug-likeness (QED) is 0.756. The summed E-state index contributed by atoms with van der Waals surface area (Å²) in [6.07, 6.45) is -1.99. The lowest BCUT2D eigenvalue weighted by Crippen LogP contribution is -2.56. The van der Waals surface area contributed by atoms with Gasteiger partial charge < -0.3 is 11.1 Å². The Morgan fingerprint density at radius 3 is 2.40 bits per heavy atom. The largest absolute Gasteiger partial charge is 0.400 e. The molecule has 1 aliphatic rings. The summed E-state index contributed by atoms with van der Waals surface area (Å²) in [6, 6.07) is 0. The smallest absolute Gasteiger partial charge is 0.354 e. The molecular formula is C9H15F3N2O. The summed E-state index contributed by atoms with van der Waals surface area (Å²) < 4.78 is 36.4. The van der Waals surface area contributed by atoms with Gasteiger partial charge in [-0.2, -0.15) is 13.2 Å². The van der Waals surface area contributed by atoms with E-state index in [0.717, 1.165) is 26.2 Å². The average molecular weight is 224 g/mol. The molecule has 1 amide bonds. The second kappa shape index (κ2) is 4.00. The van der Waals surface area contributed by atoms with Gasteiger partial charge in [-0.05, 0) is 26.2 Å². The fourth-order valence-electron chi connectivity index (χ4n) is 1.37. The van der Waals surface area contributed by atoms with Gasteiger partial charge in [0.1, 0.15) is 5.92 Å². The number of hydrogen-bond donors (Lipinski definition) is 2. The number of amides is 1. The Morgan fingerprint density at radius 2 is 2.07 bits per heavy atom. The first kappa shape index (κ1) is 12.3. The highest BCUT2D eigenvalue weighted by Gasteiger charge is 2.42. The molecule has 1 atom stereocenters. The molecule has 0 aromatic rings. The van der Waals surface area contributed by atoms with E-state index in [4.69, 9.17) is 5.73 Å². The molecule has 0 aliphatic heterocycles. The predicted molar refractivity (Wildman–Crippen MR) is 49.0 cm³/mol. The third kappa shape index (κ3) is 3.09. The van der Waals surface area contributed by atoms with Crippen LogP contribution in [0, 0.1) is 5.92 Å². The Balaban J connectivity index is 2.36. The van der Waals surface area contributed by atoms with Crippen molar-refractivity contribution in [2.75, 3.05) is 6.54 Å². The minimum atomic E-state index is -4.48. The van der Waals surface area contributed by atoms with E-state index in [1.165, 1.54) is 0 Å². The summed E-state index contributed by atoms with van der Waals surface area (Å²) >= 11 is 0. The van der Waals surface area contributed by atoms with Crippen LogP contribution in [0.5, 0.6) is 0 Å². The van der Waals surface area contributed by atoms with E-state index in [0.29, 0.717) is 0 Å². The Bertz CT molecular complexity index is 248. The van der Waals surface area contributed by atoms with Gasteiger partial charge in [-0.25, -0.2) is 0 Å². The Kier molecular flexibility index (Phi) is 3.28. The van der Waals surface area contributed by atoms with E-state index < -0.39 is 23.5 Å². The van der Waals surface area contributed by atoms with Crippen LogP contribution >= 0.6 is 0 Å². The summed E-state index contributed by atoms with van der Waals surface area (Å²) in [5.41, 5.74) is 5.28. The molecule has 0 saturated heterocycles. The normalized spacial score (nSPS) is 21.7. The first-order chi connectivity index (χ1) is 6.75. The number of halogens is 3. The van der Waals surface area contributed by atoms with Crippen molar-refractivity contribution >= 4 is 5.91 Å². The van der Waals surface area contributed by atoms with Crippen LogP contribution in [0.1, 0.15) is 26.2 Å². The molecular weight excluding hydrogens is 209 g/mol. The third-order valence-electron chi connectivity index (χ3n) is 2.85. The summed E-state index contributed by atoms with van der Waals surface area (Å²) in [5, 5.41) is 2.25. The SMILES string of the molecule is CC(C(=O)NCC1(N)CCC1)C(F)(F)F. The maximum Gasteiger partial charge on any atom is 0.400 e. The van der Waals surface area contributed by atoms with Gasteiger partial charge >= 0.3 is 6.18 Å². The third-order valence-corrected chi connectivity index (χ3v) is 2.85. The highest BCUT2D eigenvalue weighted by atomic mass is 19.4. The van der Waals surface area contributed by atoms with Crippen molar-refractivity contribution in [1.29, 1.82) is 0 Å². The molecule has 1 fully saturated rings. The van der Waals surface area contributed by atoms with E-state index in [1.54, 1.807) is 0 Å². The zero-order chi connectivity index (χ0) is 11.7. The summed E-state index contributed by atoms with van der Waals surface area (Å²) in [7, 11) is 0. The van der Waals surface area contributed by atoms with Gasteiger partial charge in [0.2, 0.25) is 5.91 Å². The fraction of sp³-hybridized carbons (Fsp3) is 0.889. The van der Waals surface area contributed by atoms with Crippen LogP contribution in [-0.4, -0.2) is 24.2 Å². The van der Waals surface area contributed by atoms with Gasteiger partial charge in [-0.1, -0.05) is 0 Å². The molecule has 0 radical (unpaired) electrons. The second-order valence-corrected chi connectivity index (χ2v) is 4.20. The Labute approximate surface area is 86.2 Å². The molecule has 1 saturated carbocycles. The first-order valence-electron chi connectivity index (χ1n) is 4.88. The molecule has 3 nitrogen and oxygen atoms in total. The number of rotatable bonds is 3. The summed E-state index contributed by atoms with van der Waals surface area (Å²) in [6.45, 7) is 0.978. The standard InChI is InChI=1S/C9H15F3N2O/c1-6(9(10,11)12)7(15)14-5-8(13)3-2-4-8/h6H,2-5,13H2,1H3,(H,14,15). The highest BCUT2D eigenvalue weighted by molar-refractivity contribution is 5.79. The lowest BCUT2D eigenvalue weighted by Gasteiger charge is -2.38. The zero-order valence-electron chi connectivity index (χ0n) is 8.53. The van der Waals surface area contributed by atoms with E-state index in [2.05, 4.69) is 5.32 Å². The molecule has 88 valence electrons. The van der Waals surface area contributed by atoms with Crippen molar-refractivity contribution in [3.05, 3.63) is 0 Å². The van der Waals surface area contributed by atoms with E-state index in [1.807, 2.05) is 0 Å². The molecule has 0 heterocycles. The minimum Gasteiger partial charge on any atom is -0.354 e. The van der Waals surface area contributed by atoms with Crippen LogP contribution in [0.4, 0.5) is 13.2 Å². The monoisotopic (exact) mass is 224 g/mol. The first-order valence-corrected chi connectivity index (χ1v) is 4.88. The molecule has 1 rings (SSSR count). The van der Waals surface area contributed by atoms with E-state index >= 15 is 0 Å². The van der Waals surface area contributed by atoms with Crippen LogP contribution in [0.3, 0.4) is 0 Å².